The van der Waals surface area contributed by atoms with E-state index in [1.807, 2.05) is 23.1 Å². The molecule has 2 aromatic rings. The molecule has 0 radical (unpaired) electrons. The van der Waals surface area contributed by atoms with Crippen LogP contribution in [0.3, 0.4) is 0 Å². The second kappa shape index (κ2) is 7.81. The molecule has 136 valence electrons. The first-order valence-electron chi connectivity index (χ1n) is 9.78. The van der Waals surface area contributed by atoms with E-state index in [-0.39, 0.29) is 5.91 Å². The molecule has 4 heteroatoms. The van der Waals surface area contributed by atoms with Crippen LogP contribution in [-0.4, -0.2) is 32.1 Å². The number of fused-ring (bicyclic) bond motifs is 1. The van der Waals surface area contributed by atoms with E-state index in [1.165, 1.54) is 43.6 Å². The summed E-state index contributed by atoms with van der Waals surface area (Å²) in [5.41, 5.74) is 4.76. The van der Waals surface area contributed by atoms with Gasteiger partial charge in [-0.05, 0) is 61.6 Å². The maximum atomic E-state index is 12.5. The van der Waals surface area contributed by atoms with E-state index in [2.05, 4.69) is 40.5 Å². The van der Waals surface area contributed by atoms with Crippen LogP contribution in [0.25, 0.3) is 0 Å². The summed E-state index contributed by atoms with van der Waals surface area (Å²) in [6, 6.07) is 16.8. The Hall–Kier alpha value is -2.49. The highest BCUT2D eigenvalue weighted by atomic mass is 16.2. The molecule has 2 aromatic carbocycles. The Bertz CT molecular complexity index is 750. The lowest BCUT2D eigenvalue weighted by molar-refractivity contribution is -0.118. The zero-order valence-corrected chi connectivity index (χ0v) is 15.3. The number of hydrogen-bond acceptors (Lipinski definition) is 3. The Morgan fingerprint density at radius 1 is 0.923 bits per heavy atom. The molecular weight excluding hydrogens is 322 g/mol. The summed E-state index contributed by atoms with van der Waals surface area (Å²) in [6.45, 7) is 3.81. The summed E-state index contributed by atoms with van der Waals surface area (Å²) < 4.78 is 0. The number of nitrogens with zero attached hydrogens (tertiary/aromatic N) is 2. The molecule has 26 heavy (non-hydrogen) atoms. The van der Waals surface area contributed by atoms with Crippen molar-refractivity contribution in [3.8, 4) is 0 Å². The summed E-state index contributed by atoms with van der Waals surface area (Å²) in [4.78, 5) is 16.9. The highest BCUT2D eigenvalue weighted by Crippen LogP contribution is 2.28. The Balaban J connectivity index is 1.27. The second-order valence-corrected chi connectivity index (χ2v) is 7.20. The fraction of sp³-hybridized carbons (Fsp3) is 0.409. The van der Waals surface area contributed by atoms with Crippen LogP contribution in [0.15, 0.2) is 48.5 Å². The first kappa shape index (κ1) is 17.0. The highest BCUT2D eigenvalue weighted by Gasteiger charge is 2.23. The van der Waals surface area contributed by atoms with E-state index in [1.54, 1.807) is 0 Å². The molecule has 1 N–H and O–H groups in total. The molecular formula is C22H27N3O. The predicted octanol–water partition coefficient (Wildman–Crippen LogP) is 4.07. The predicted molar refractivity (Wildman–Crippen MR) is 108 cm³/mol. The zero-order valence-electron chi connectivity index (χ0n) is 15.3. The van der Waals surface area contributed by atoms with Gasteiger partial charge in [0.2, 0.25) is 5.91 Å². The van der Waals surface area contributed by atoms with E-state index in [0.717, 1.165) is 24.3 Å². The number of anilines is 3. The topological polar surface area (TPSA) is 35.6 Å². The average Bonchev–Trinajstić information content (AvgIpc) is 3.13. The molecule has 4 rings (SSSR count). The molecule has 0 saturated carbocycles. The van der Waals surface area contributed by atoms with Crippen LogP contribution in [0.2, 0.25) is 0 Å². The van der Waals surface area contributed by atoms with Gasteiger partial charge in [-0.2, -0.15) is 0 Å². The van der Waals surface area contributed by atoms with Gasteiger partial charge in [-0.3, -0.25) is 4.79 Å². The normalized spacial score (nSPS) is 16.5. The van der Waals surface area contributed by atoms with Crippen molar-refractivity contribution in [1.82, 2.24) is 0 Å². The Morgan fingerprint density at radius 2 is 1.69 bits per heavy atom. The van der Waals surface area contributed by atoms with Gasteiger partial charge in [-0.15, -0.1) is 0 Å². The van der Waals surface area contributed by atoms with Crippen molar-refractivity contribution in [2.45, 2.75) is 32.1 Å². The summed E-state index contributed by atoms with van der Waals surface area (Å²) in [6.07, 6.45) is 5.42. The van der Waals surface area contributed by atoms with E-state index in [9.17, 15) is 4.79 Å². The number of rotatable bonds is 5. The number of benzene rings is 2. The van der Waals surface area contributed by atoms with Gasteiger partial charge in [-0.1, -0.05) is 18.2 Å². The van der Waals surface area contributed by atoms with E-state index in [0.29, 0.717) is 13.0 Å². The van der Waals surface area contributed by atoms with Gasteiger partial charge in [0.25, 0.3) is 0 Å². The molecule has 2 aliphatic rings. The standard InChI is InChI=1S/C22H27N3O/c26-22(25-17-13-18-6-2-3-7-21(18)25)12-14-23-19-8-10-20(11-9-19)24-15-4-1-5-16-24/h2-3,6-11,23H,1,4-5,12-17H2. The van der Waals surface area contributed by atoms with Crippen molar-refractivity contribution in [3.63, 3.8) is 0 Å². The quantitative estimate of drug-likeness (QED) is 0.884. The first-order valence-corrected chi connectivity index (χ1v) is 9.78. The molecule has 2 aliphatic heterocycles. The number of hydrogen-bond donors (Lipinski definition) is 1. The fourth-order valence-electron chi connectivity index (χ4n) is 3.99. The van der Waals surface area contributed by atoms with Crippen LogP contribution in [-0.2, 0) is 11.2 Å². The van der Waals surface area contributed by atoms with Crippen molar-refractivity contribution in [3.05, 3.63) is 54.1 Å². The minimum atomic E-state index is 0.201. The molecule has 4 nitrogen and oxygen atoms in total. The smallest absolute Gasteiger partial charge is 0.228 e. The molecule has 2 heterocycles. The molecule has 1 saturated heterocycles. The third-order valence-corrected chi connectivity index (χ3v) is 5.44. The van der Waals surface area contributed by atoms with Crippen LogP contribution < -0.4 is 15.1 Å². The average molecular weight is 349 g/mol. The van der Waals surface area contributed by atoms with Crippen molar-refractivity contribution >= 4 is 23.0 Å². The van der Waals surface area contributed by atoms with Gasteiger partial charge in [0.15, 0.2) is 0 Å². The van der Waals surface area contributed by atoms with Crippen LogP contribution in [0.1, 0.15) is 31.2 Å². The van der Waals surface area contributed by atoms with Gasteiger partial charge >= 0.3 is 0 Å². The molecule has 0 aliphatic carbocycles. The number of para-hydroxylation sites is 1. The molecule has 0 atom stereocenters. The Morgan fingerprint density at radius 3 is 2.50 bits per heavy atom. The molecule has 0 aromatic heterocycles. The van der Waals surface area contributed by atoms with Crippen molar-refractivity contribution in [2.24, 2.45) is 0 Å². The number of amides is 1. The van der Waals surface area contributed by atoms with Crippen LogP contribution >= 0.6 is 0 Å². The van der Waals surface area contributed by atoms with E-state index < -0.39 is 0 Å². The van der Waals surface area contributed by atoms with Crippen LogP contribution in [0, 0.1) is 0 Å². The summed E-state index contributed by atoms with van der Waals surface area (Å²) in [5, 5.41) is 3.39. The minimum absolute atomic E-state index is 0.201. The zero-order chi connectivity index (χ0) is 17.8. The third kappa shape index (κ3) is 3.69. The van der Waals surface area contributed by atoms with Crippen molar-refractivity contribution in [2.75, 3.05) is 41.3 Å². The largest absolute Gasteiger partial charge is 0.385 e. The van der Waals surface area contributed by atoms with Crippen molar-refractivity contribution < 1.29 is 4.79 Å². The van der Waals surface area contributed by atoms with E-state index in [4.69, 9.17) is 0 Å². The molecule has 0 unspecified atom stereocenters. The summed E-state index contributed by atoms with van der Waals surface area (Å²) in [5.74, 6) is 0.201. The molecule has 1 fully saturated rings. The molecule has 1 amide bonds. The van der Waals surface area contributed by atoms with Gasteiger partial charge in [0.05, 0.1) is 0 Å². The first-order chi connectivity index (χ1) is 12.8. The maximum Gasteiger partial charge on any atom is 0.228 e. The van der Waals surface area contributed by atoms with Gasteiger partial charge in [0.1, 0.15) is 0 Å². The van der Waals surface area contributed by atoms with Crippen molar-refractivity contribution in [1.29, 1.82) is 0 Å². The number of carbonyl (C=O) groups is 1. The highest BCUT2D eigenvalue weighted by molar-refractivity contribution is 5.95. The minimum Gasteiger partial charge on any atom is -0.385 e. The number of carbonyl (C=O) groups excluding carboxylic acids is 1. The number of piperidine rings is 1. The van der Waals surface area contributed by atoms with Crippen LogP contribution in [0.5, 0.6) is 0 Å². The fourth-order valence-corrected chi connectivity index (χ4v) is 3.99. The summed E-state index contributed by atoms with van der Waals surface area (Å²) in [7, 11) is 0. The van der Waals surface area contributed by atoms with Gasteiger partial charge in [0, 0.05) is 49.7 Å². The number of nitrogens with one attached hydrogen (secondary N) is 1. The lowest BCUT2D eigenvalue weighted by Crippen LogP contribution is -2.30. The lowest BCUT2D eigenvalue weighted by Gasteiger charge is -2.28. The van der Waals surface area contributed by atoms with E-state index >= 15 is 0 Å². The van der Waals surface area contributed by atoms with Crippen LogP contribution in [0.4, 0.5) is 17.1 Å². The maximum absolute atomic E-state index is 12.5. The summed E-state index contributed by atoms with van der Waals surface area (Å²) >= 11 is 0. The molecule has 0 bridgehead atoms. The van der Waals surface area contributed by atoms with Gasteiger partial charge in [-0.25, -0.2) is 0 Å². The third-order valence-electron chi connectivity index (χ3n) is 5.44. The SMILES string of the molecule is O=C(CCNc1ccc(N2CCCCC2)cc1)N1CCc2ccccc21. The van der Waals surface area contributed by atoms with Gasteiger partial charge < -0.3 is 15.1 Å². The lowest BCUT2D eigenvalue weighted by atomic mass is 10.1. The Kier molecular flexibility index (Phi) is 5.09. The second-order valence-electron chi connectivity index (χ2n) is 7.20. The monoisotopic (exact) mass is 349 g/mol. The Labute approximate surface area is 155 Å². The molecule has 0 spiro atoms.